The molecule has 0 radical (unpaired) electrons. The topological polar surface area (TPSA) is 81.6 Å². The molecule has 1 atom stereocenters. The first-order valence-electron chi connectivity index (χ1n) is 6.14. The molecule has 1 aliphatic rings. The van der Waals surface area contributed by atoms with E-state index in [2.05, 4.69) is 4.90 Å². The number of nitrogens with zero attached hydrogens (tertiary/aromatic N) is 1. The van der Waals surface area contributed by atoms with Gasteiger partial charge in [-0.15, -0.1) is 0 Å². The SMILES string of the molecule is CC1CN(c2cc(C(N)=O)ccc2N)CCCO1. The molecule has 4 N–H and O–H groups in total. The number of hydrogen-bond donors (Lipinski definition) is 2. The minimum absolute atomic E-state index is 0.157. The van der Waals surface area contributed by atoms with E-state index in [1.807, 2.05) is 6.92 Å². The number of nitrogens with two attached hydrogens (primary N) is 2. The Balaban J connectivity index is 2.30. The van der Waals surface area contributed by atoms with Crippen LogP contribution in [0, 0.1) is 0 Å². The van der Waals surface area contributed by atoms with Crippen molar-refractivity contribution in [2.45, 2.75) is 19.4 Å². The lowest BCUT2D eigenvalue weighted by atomic mass is 10.1. The molecule has 0 bridgehead atoms. The largest absolute Gasteiger partial charge is 0.397 e. The summed E-state index contributed by atoms with van der Waals surface area (Å²) < 4.78 is 5.60. The maximum absolute atomic E-state index is 11.2. The van der Waals surface area contributed by atoms with Crippen molar-refractivity contribution in [2.75, 3.05) is 30.3 Å². The molecule has 1 aliphatic heterocycles. The summed E-state index contributed by atoms with van der Waals surface area (Å²) in [5, 5.41) is 0. The number of benzene rings is 1. The van der Waals surface area contributed by atoms with Gasteiger partial charge in [0, 0.05) is 25.3 Å². The molecule has 0 aromatic heterocycles. The Morgan fingerprint density at radius 3 is 3.00 bits per heavy atom. The standard InChI is InChI=1S/C13H19N3O2/c1-9-8-16(5-2-6-18-9)12-7-10(13(15)17)3-4-11(12)14/h3-4,7,9H,2,5-6,8,14H2,1H3,(H2,15,17). The highest BCUT2D eigenvalue weighted by Gasteiger charge is 2.18. The molecule has 0 spiro atoms. The Bertz CT molecular complexity index is 448. The molecule has 0 saturated carbocycles. The number of hydrogen-bond acceptors (Lipinski definition) is 4. The quantitative estimate of drug-likeness (QED) is 0.766. The van der Waals surface area contributed by atoms with Crippen molar-refractivity contribution in [3.05, 3.63) is 23.8 Å². The van der Waals surface area contributed by atoms with Crippen LogP contribution in [0.1, 0.15) is 23.7 Å². The highest BCUT2D eigenvalue weighted by atomic mass is 16.5. The first-order chi connectivity index (χ1) is 8.58. The normalized spacial score (nSPS) is 20.5. The molecule has 1 fully saturated rings. The van der Waals surface area contributed by atoms with Crippen LogP contribution in [0.2, 0.25) is 0 Å². The van der Waals surface area contributed by atoms with E-state index < -0.39 is 5.91 Å². The van der Waals surface area contributed by atoms with E-state index in [-0.39, 0.29) is 6.10 Å². The summed E-state index contributed by atoms with van der Waals surface area (Å²) in [6.07, 6.45) is 1.11. The Morgan fingerprint density at radius 1 is 1.50 bits per heavy atom. The van der Waals surface area contributed by atoms with Crippen LogP contribution in [0.15, 0.2) is 18.2 Å². The number of nitrogen functional groups attached to an aromatic ring is 1. The van der Waals surface area contributed by atoms with Gasteiger partial charge in [0.2, 0.25) is 5.91 Å². The van der Waals surface area contributed by atoms with E-state index in [9.17, 15) is 4.79 Å². The van der Waals surface area contributed by atoms with Crippen molar-refractivity contribution in [3.63, 3.8) is 0 Å². The monoisotopic (exact) mass is 249 g/mol. The zero-order chi connectivity index (χ0) is 13.1. The van der Waals surface area contributed by atoms with E-state index in [0.717, 1.165) is 31.8 Å². The van der Waals surface area contributed by atoms with Crippen molar-refractivity contribution in [2.24, 2.45) is 5.73 Å². The van der Waals surface area contributed by atoms with E-state index in [4.69, 9.17) is 16.2 Å². The van der Waals surface area contributed by atoms with Gasteiger partial charge in [-0.1, -0.05) is 0 Å². The van der Waals surface area contributed by atoms with Crippen LogP contribution in [0.25, 0.3) is 0 Å². The molecular formula is C13H19N3O2. The van der Waals surface area contributed by atoms with E-state index >= 15 is 0 Å². The van der Waals surface area contributed by atoms with Crippen molar-refractivity contribution in [3.8, 4) is 0 Å². The molecule has 98 valence electrons. The predicted octanol–water partition coefficient (Wildman–Crippen LogP) is 0.983. The summed E-state index contributed by atoms with van der Waals surface area (Å²) in [5.74, 6) is -0.435. The van der Waals surface area contributed by atoms with Crippen molar-refractivity contribution in [1.82, 2.24) is 0 Å². The lowest BCUT2D eigenvalue weighted by Gasteiger charge is -2.26. The zero-order valence-corrected chi connectivity index (χ0v) is 10.6. The lowest BCUT2D eigenvalue weighted by Crippen LogP contribution is -2.31. The van der Waals surface area contributed by atoms with Crippen LogP contribution in [0.5, 0.6) is 0 Å². The van der Waals surface area contributed by atoms with Crippen LogP contribution in [-0.4, -0.2) is 31.7 Å². The van der Waals surface area contributed by atoms with Crippen LogP contribution in [0.3, 0.4) is 0 Å². The summed E-state index contributed by atoms with van der Waals surface area (Å²) in [6.45, 7) is 4.43. The van der Waals surface area contributed by atoms with Gasteiger partial charge in [0.25, 0.3) is 0 Å². The number of primary amides is 1. The Kier molecular flexibility index (Phi) is 3.72. The molecule has 1 amide bonds. The third-order valence-electron chi connectivity index (χ3n) is 3.11. The molecule has 0 aliphatic carbocycles. The molecule has 18 heavy (non-hydrogen) atoms. The maximum Gasteiger partial charge on any atom is 0.248 e. The molecule has 2 rings (SSSR count). The molecular weight excluding hydrogens is 230 g/mol. The average molecular weight is 249 g/mol. The van der Waals surface area contributed by atoms with E-state index in [1.54, 1.807) is 18.2 Å². The van der Waals surface area contributed by atoms with Crippen molar-refractivity contribution in [1.29, 1.82) is 0 Å². The Morgan fingerprint density at radius 2 is 2.28 bits per heavy atom. The summed E-state index contributed by atoms with van der Waals surface area (Å²) in [4.78, 5) is 13.4. The first-order valence-corrected chi connectivity index (χ1v) is 6.14. The fourth-order valence-electron chi connectivity index (χ4n) is 2.18. The number of ether oxygens (including phenoxy) is 1. The Labute approximate surface area is 107 Å². The maximum atomic E-state index is 11.2. The van der Waals surface area contributed by atoms with Crippen LogP contribution >= 0.6 is 0 Å². The molecule has 1 unspecified atom stereocenters. The highest BCUT2D eigenvalue weighted by molar-refractivity contribution is 5.95. The number of rotatable bonds is 2. The molecule has 1 saturated heterocycles. The average Bonchev–Trinajstić information content (AvgIpc) is 2.54. The second-order valence-corrected chi connectivity index (χ2v) is 4.62. The molecule has 5 heteroatoms. The number of carbonyl (C=O) groups is 1. The van der Waals surface area contributed by atoms with Gasteiger partial charge in [-0.3, -0.25) is 4.79 Å². The van der Waals surface area contributed by atoms with Crippen molar-refractivity contribution < 1.29 is 9.53 Å². The molecule has 1 heterocycles. The van der Waals surface area contributed by atoms with Crippen molar-refractivity contribution >= 4 is 17.3 Å². The summed E-state index contributed by atoms with van der Waals surface area (Å²) >= 11 is 0. The smallest absolute Gasteiger partial charge is 0.248 e. The second-order valence-electron chi connectivity index (χ2n) is 4.62. The van der Waals surface area contributed by atoms with Crippen LogP contribution < -0.4 is 16.4 Å². The van der Waals surface area contributed by atoms with Gasteiger partial charge >= 0.3 is 0 Å². The number of anilines is 2. The van der Waals surface area contributed by atoms with Gasteiger partial charge in [-0.05, 0) is 31.5 Å². The third kappa shape index (κ3) is 2.73. The van der Waals surface area contributed by atoms with Gasteiger partial charge in [0.1, 0.15) is 0 Å². The van der Waals surface area contributed by atoms with E-state index in [1.165, 1.54) is 0 Å². The minimum Gasteiger partial charge on any atom is -0.397 e. The fourth-order valence-corrected chi connectivity index (χ4v) is 2.18. The van der Waals surface area contributed by atoms with Crippen LogP contribution in [0.4, 0.5) is 11.4 Å². The second kappa shape index (κ2) is 5.27. The van der Waals surface area contributed by atoms with Gasteiger partial charge in [0.05, 0.1) is 17.5 Å². The van der Waals surface area contributed by atoms with Gasteiger partial charge < -0.3 is 21.1 Å². The molecule has 1 aromatic carbocycles. The first kappa shape index (κ1) is 12.7. The minimum atomic E-state index is -0.435. The summed E-state index contributed by atoms with van der Waals surface area (Å²) in [6, 6.07) is 5.14. The predicted molar refractivity (Wildman–Crippen MR) is 71.6 cm³/mol. The zero-order valence-electron chi connectivity index (χ0n) is 10.6. The molecule has 1 aromatic rings. The summed E-state index contributed by atoms with van der Waals surface area (Å²) in [7, 11) is 0. The molecule has 5 nitrogen and oxygen atoms in total. The van der Waals surface area contributed by atoms with Gasteiger partial charge in [-0.2, -0.15) is 0 Å². The fraction of sp³-hybridized carbons (Fsp3) is 0.462. The third-order valence-corrected chi connectivity index (χ3v) is 3.11. The number of carbonyl (C=O) groups excluding carboxylic acids is 1. The van der Waals surface area contributed by atoms with Gasteiger partial charge in [-0.25, -0.2) is 0 Å². The summed E-state index contributed by atoms with van der Waals surface area (Å²) in [5.41, 5.74) is 13.3. The van der Waals surface area contributed by atoms with Crippen LogP contribution in [-0.2, 0) is 4.74 Å². The van der Waals surface area contributed by atoms with E-state index in [0.29, 0.717) is 11.3 Å². The lowest BCUT2D eigenvalue weighted by molar-refractivity contribution is 0.0821. The Hall–Kier alpha value is -1.75. The highest BCUT2D eigenvalue weighted by Crippen LogP contribution is 2.26. The van der Waals surface area contributed by atoms with Gasteiger partial charge in [0.15, 0.2) is 0 Å². The number of amides is 1.